The monoisotopic (exact) mass is 795 g/mol. The summed E-state index contributed by atoms with van der Waals surface area (Å²) in [4.78, 5) is 25.5. The molecule has 322 valence electrons. The van der Waals surface area contributed by atoms with Crippen LogP contribution in [0.3, 0.4) is 0 Å². The molecule has 0 saturated carbocycles. The molecule has 0 aromatic carbocycles. The molecule has 4 nitrogen and oxygen atoms in total. The lowest BCUT2D eigenvalue weighted by Crippen LogP contribution is -2.24. The molecule has 0 bridgehead atoms. The van der Waals surface area contributed by atoms with Crippen LogP contribution in [0.25, 0.3) is 0 Å². The van der Waals surface area contributed by atoms with Crippen LogP contribution < -0.4 is 0 Å². The van der Waals surface area contributed by atoms with Crippen molar-refractivity contribution in [2.45, 2.75) is 185 Å². The van der Waals surface area contributed by atoms with Crippen molar-refractivity contribution in [3.8, 4) is 0 Å². The van der Waals surface area contributed by atoms with Crippen LogP contribution in [0.1, 0.15) is 185 Å². The van der Waals surface area contributed by atoms with Crippen molar-refractivity contribution in [3.63, 3.8) is 0 Å². The van der Waals surface area contributed by atoms with Crippen LogP contribution in [0.5, 0.6) is 0 Å². The minimum absolute atomic E-state index is 0.00654. The molecule has 1 aliphatic carbocycles. The van der Waals surface area contributed by atoms with Gasteiger partial charge in [0.1, 0.15) is 0 Å². The fourth-order valence-corrected chi connectivity index (χ4v) is 6.94. The van der Waals surface area contributed by atoms with E-state index < -0.39 is 0 Å². The highest BCUT2D eigenvalue weighted by Gasteiger charge is 2.34. The van der Waals surface area contributed by atoms with E-state index in [1.54, 1.807) is 6.92 Å². The normalized spacial score (nSPS) is 15.9. The van der Waals surface area contributed by atoms with E-state index in [1.807, 2.05) is 0 Å². The molecule has 0 atom stereocenters. The van der Waals surface area contributed by atoms with Gasteiger partial charge in [-0.25, -0.2) is 0 Å². The first kappa shape index (κ1) is 52.1. The third-order valence-electron chi connectivity index (χ3n) is 11.1. The molecule has 0 aromatic rings. The van der Waals surface area contributed by atoms with E-state index in [4.69, 9.17) is 9.47 Å². The Morgan fingerprint density at radius 2 is 0.621 bits per heavy atom. The Morgan fingerprint density at radius 3 is 0.879 bits per heavy atom. The summed E-state index contributed by atoms with van der Waals surface area (Å²) < 4.78 is 10.3. The topological polar surface area (TPSA) is 52.6 Å². The van der Waals surface area contributed by atoms with E-state index in [0.717, 1.165) is 89.9 Å². The predicted molar refractivity (Wildman–Crippen MR) is 252 cm³/mol. The molecule has 0 saturated heterocycles. The van der Waals surface area contributed by atoms with Gasteiger partial charge in [-0.2, -0.15) is 0 Å². The molecule has 0 aromatic heterocycles. The van der Waals surface area contributed by atoms with Crippen molar-refractivity contribution in [1.82, 2.24) is 0 Å². The van der Waals surface area contributed by atoms with Gasteiger partial charge in [0.05, 0.1) is 14.2 Å². The first-order chi connectivity index (χ1) is 27.6. The van der Waals surface area contributed by atoms with Gasteiger partial charge in [-0.1, -0.05) is 105 Å². The smallest absolute Gasteiger partial charge is 0.228 e. The molecular formula is C54H82O4. The lowest BCUT2D eigenvalue weighted by atomic mass is 9.90. The second-order valence-electron chi connectivity index (χ2n) is 17.0. The van der Waals surface area contributed by atoms with Crippen LogP contribution >= 0.6 is 0 Å². The van der Waals surface area contributed by atoms with Gasteiger partial charge in [-0.15, -0.1) is 0 Å². The number of Topliss-reactive ketones (excluding diaryl/α,β-unsaturated/α-hetero) is 2. The largest absolute Gasteiger partial charge is 0.489 e. The molecule has 0 unspecified atom stereocenters. The number of carbonyl (C=O) groups is 2. The average Bonchev–Trinajstić information content (AvgIpc) is 3.16. The summed E-state index contributed by atoms with van der Waals surface area (Å²) in [6.07, 6.45) is 39.5. The summed E-state index contributed by atoms with van der Waals surface area (Å²) in [5, 5.41) is 0. The lowest BCUT2D eigenvalue weighted by Gasteiger charge is -2.19. The SMILES string of the molecule is COC1=C(OC)C(=O)C(C/C=C(\C)CC/C=C(\C)CC/C=C(\C)CC/C=C(\C)CC/C=C(/C)CC/C=C(\C)CC/C=C(\C)CC/C=C(\C)CCC=C(C)C)=C(C)C1=O. The predicted octanol–water partition coefficient (Wildman–Crippen LogP) is 16.1. The number of hydrogen-bond donors (Lipinski definition) is 0. The molecule has 1 aliphatic rings. The van der Waals surface area contributed by atoms with E-state index in [1.165, 1.54) is 77.2 Å². The number of methoxy groups -OCH3 is 2. The van der Waals surface area contributed by atoms with Gasteiger partial charge in [0, 0.05) is 11.1 Å². The fraction of sp³-hybridized carbons (Fsp3) is 0.556. The number of hydrogen-bond acceptors (Lipinski definition) is 4. The molecule has 1 rings (SSSR count). The van der Waals surface area contributed by atoms with Crippen LogP contribution in [0.15, 0.2) is 128 Å². The van der Waals surface area contributed by atoms with E-state index in [-0.39, 0.29) is 23.1 Å². The number of carbonyl (C=O) groups excluding carboxylic acids is 2. The van der Waals surface area contributed by atoms with E-state index in [2.05, 4.69) is 124 Å². The molecule has 58 heavy (non-hydrogen) atoms. The van der Waals surface area contributed by atoms with Crippen LogP contribution in [0.4, 0.5) is 0 Å². The molecule has 0 fully saturated rings. The Balaban J connectivity index is 2.32. The van der Waals surface area contributed by atoms with Gasteiger partial charge in [0.25, 0.3) is 0 Å². The Kier molecular flexibility index (Phi) is 27.1. The molecule has 0 aliphatic heterocycles. The van der Waals surface area contributed by atoms with Crippen molar-refractivity contribution >= 4 is 11.6 Å². The Hall–Kier alpha value is -3.92. The molecule has 0 heterocycles. The highest BCUT2D eigenvalue weighted by Crippen LogP contribution is 2.28. The minimum atomic E-state index is -0.284. The second kappa shape index (κ2) is 30.2. The number of ether oxygens (including phenoxy) is 2. The van der Waals surface area contributed by atoms with Crippen molar-refractivity contribution in [1.29, 1.82) is 0 Å². The maximum absolute atomic E-state index is 12.9. The van der Waals surface area contributed by atoms with Crippen molar-refractivity contribution in [2.75, 3.05) is 14.2 Å². The van der Waals surface area contributed by atoms with Crippen LogP contribution in [-0.2, 0) is 19.1 Å². The Bertz CT molecular complexity index is 1680. The van der Waals surface area contributed by atoms with Gasteiger partial charge >= 0.3 is 0 Å². The van der Waals surface area contributed by atoms with E-state index >= 15 is 0 Å². The van der Waals surface area contributed by atoms with E-state index in [0.29, 0.717) is 17.6 Å². The van der Waals surface area contributed by atoms with Crippen LogP contribution in [-0.4, -0.2) is 25.8 Å². The van der Waals surface area contributed by atoms with E-state index in [9.17, 15) is 9.59 Å². The molecule has 0 amide bonds. The summed E-state index contributed by atoms with van der Waals surface area (Å²) in [6.45, 7) is 24.0. The highest BCUT2D eigenvalue weighted by molar-refractivity contribution is 6.23. The van der Waals surface area contributed by atoms with Crippen LogP contribution in [0.2, 0.25) is 0 Å². The number of rotatable bonds is 28. The molecular weight excluding hydrogens is 713 g/mol. The van der Waals surface area contributed by atoms with Gasteiger partial charge < -0.3 is 9.47 Å². The van der Waals surface area contributed by atoms with Gasteiger partial charge in [0.15, 0.2) is 0 Å². The third kappa shape index (κ3) is 22.9. The quantitative estimate of drug-likeness (QED) is 0.0585. The van der Waals surface area contributed by atoms with Crippen molar-refractivity contribution < 1.29 is 19.1 Å². The maximum Gasteiger partial charge on any atom is 0.228 e. The molecule has 4 heteroatoms. The summed E-state index contributed by atoms with van der Waals surface area (Å²) >= 11 is 0. The highest BCUT2D eigenvalue weighted by atomic mass is 16.5. The summed E-state index contributed by atoms with van der Waals surface area (Å²) in [5.74, 6) is -0.571. The first-order valence-corrected chi connectivity index (χ1v) is 22.1. The molecule has 0 spiro atoms. The van der Waals surface area contributed by atoms with Crippen LogP contribution in [0, 0.1) is 0 Å². The lowest BCUT2D eigenvalue weighted by molar-refractivity contribution is -0.121. The fourth-order valence-electron chi connectivity index (χ4n) is 6.94. The summed E-state index contributed by atoms with van der Waals surface area (Å²) in [6, 6.07) is 0. The second-order valence-corrected chi connectivity index (χ2v) is 17.0. The molecule has 0 N–H and O–H groups in total. The first-order valence-electron chi connectivity index (χ1n) is 22.1. The number of ketones is 2. The standard InChI is InChI=1S/C54H82O4/c1-40(2)22-14-23-41(3)24-15-25-42(4)26-16-27-43(5)28-17-29-44(6)30-18-31-45(7)32-19-33-46(8)34-20-35-47(9)36-21-37-48(10)38-39-50-49(11)51(55)53(57-12)54(58-13)52(50)56/h22,24,26,28,30,32,34,36,38H,14-21,23,25,27,29,31,33,35,37,39H2,1-13H3/b41-24+,42-26+,43-28+,44-30-,45-32+,46-34+,47-36+,48-38+. The summed E-state index contributed by atoms with van der Waals surface area (Å²) in [7, 11) is 2.78. The maximum atomic E-state index is 12.9. The third-order valence-corrected chi connectivity index (χ3v) is 11.1. The van der Waals surface area contributed by atoms with Gasteiger partial charge in [-0.05, 0) is 185 Å². The zero-order chi connectivity index (χ0) is 43.5. The zero-order valence-corrected chi connectivity index (χ0v) is 39.3. The van der Waals surface area contributed by atoms with Crippen molar-refractivity contribution in [3.05, 3.63) is 128 Å². The average molecular weight is 795 g/mol. The Morgan fingerprint density at radius 1 is 0.379 bits per heavy atom. The minimum Gasteiger partial charge on any atom is -0.489 e. The van der Waals surface area contributed by atoms with Gasteiger partial charge in [-0.3, -0.25) is 9.59 Å². The molecule has 0 radical (unpaired) electrons. The summed E-state index contributed by atoms with van der Waals surface area (Å²) in [5.41, 5.74) is 13.9. The van der Waals surface area contributed by atoms with Crippen molar-refractivity contribution in [2.24, 2.45) is 0 Å². The zero-order valence-electron chi connectivity index (χ0n) is 39.3. The van der Waals surface area contributed by atoms with Gasteiger partial charge in [0.2, 0.25) is 23.1 Å². The number of allylic oxidation sites excluding steroid dienone is 20. The Labute approximate surface area is 356 Å².